The number of benzene rings is 1. The van der Waals surface area contributed by atoms with Crippen molar-refractivity contribution in [3.63, 3.8) is 0 Å². The zero-order valence-corrected chi connectivity index (χ0v) is 13.5. The van der Waals surface area contributed by atoms with Crippen molar-refractivity contribution in [1.82, 2.24) is 14.5 Å². The maximum atomic E-state index is 12.5. The van der Waals surface area contributed by atoms with Crippen molar-refractivity contribution in [1.29, 1.82) is 0 Å². The molecule has 0 amide bonds. The summed E-state index contributed by atoms with van der Waals surface area (Å²) in [6.45, 7) is 1.28. The first-order chi connectivity index (χ1) is 12.2. The van der Waals surface area contributed by atoms with Gasteiger partial charge in [-0.2, -0.15) is 0 Å². The molecule has 1 N–H and O–H groups in total. The maximum absolute atomic E-state index is 12.5. The zero-order valence-electron chi connectivity index (χ0n) is 13.5. The summed E-state index contributed by atoms with van der Waals surface area (Å²) in [6, 6.07) is 8.68. The molecule has 128 valence electrons. The Kier molecular flexibility index (Phi) is 4.07. The molecule has 0 saturated heterocycles. The standard InChI is InChI=1S/C18H17N3O4/c22-14(12-4-5-15-16(9-12)25-8-2-7-24-15)10-21-11-20-17-13(18(21)23)3-1-6-19-17/h1,3-6,9,11,14,22H,2,7-8,10H2/t14-/m1/s1. The van der Waals surface area contributed by atoms with Crippen molar-refractivity contribution in [2.75, 3.05) is 13.2 Å². The number of aliphatic hydroxyl groups is 1. The van der Waals surface area contributed by atoms with Crippen LogP contribution in [0.1, 0.15) is 18.1 Å². The molecule has 3 aromatic rings. The van der Waals surface area contributed by atoms with E-state index in [-0.39, 0.29) is 12.1 Å². The summed E-state index contributed by atoms with van der Waals surface area (Å²) in [7, 11) is 0. The van der Waals surface area contributed by atoms with Gasteiger partial charge in [-0.05, 0) is 29.8 Å². The Bertz CT molecular complexity index is 970. The highest BCUT2D eigenvalue weighted by Crippen LogP contribution is 2.32. The van der Waals surface area contributed by atoms with Crippen LogP contribution in [-0.4, -0.2) is 32.9 Å². The van der Waals surface area contributed by atoms with Crippen LogP contribution in [0.25, 0.3) is 11.0 Å². The molecule has 0 radical (unpaired) electrons. The number of hydrogen-bond acceptors (Lipinski definition) is 6. The number of rotatable bonds is 3. The maximum Gasteiger partial charge on any atom is 0.262 e. The highest BCUT2D eigenvalue weighted by Gasteiger charge is 2.16. The van der Waals surface area contributed by atoms with E-state index in [9.17, 15) is 9.90 Å². The van der Waals surface area contributed by atoms with Crippen molar-refractivity contribution in [3.8, 4) is 11.5 Å². The summed E-state index contributed by atoms with van der Waals surface area (Å²) < 4.78 is 12.6. The van der Waals surface area contributed by atoms with Gasteiger partial charge in [-0.15, -0.1) is 0 Å². The number of hydrogen-bond donors (Lipinski definition) is 1. The average molecular weight is 339 g/mol. The second-order valence-electron chi connectivity index (χ2n) is 5.85. The minimum absolute atomic E-state index is 0.0936. The van der Waals surface area contributed by atoms with Crippen molar-refractivity contribution < 1.29 is 14.6 Å². The molecule has 1 aromatic carbocycles. The monoisotopic (exact) mass is 339 g/mol. The van der Waals surface area contributed by atoms with E-state index in [1.165, 1.54) is 10.9 Å². The summed E-state index contributed by atoms with van der Waals surface area (Å²) in [5, 5.41) is 11.0. The van der Waals surface area contributed by atoms with E-state index in [0.29, 0.717) is 41.3 Å². The third kappa shape index (κ3) is 3.06. The number of fused-ring (bicyclic) bond motifs is 2. The third-order valence-electron chi connectivity index (χ3n) is 4.12. The molecule has 0 spiro atoms. The summed E-state index contributed by atoms with van der Waals surface area (Å²) in [5.41, 5.74) is 0.822. The topological polar surface area (TPSA) is 86.5 Å². The van der Waals surface area contributed by atoms with Crippen LogP contribution in [-0.2, 0) is 6.54 Å². The van der Waals surface area contributed by atoms with E-state index in [2.05, 4.69) is 9.97 Å². The second-order valence-corrected chi connectivity index (χ2v) is 5.85. The van der Waals surface area contributed by atoms with Gasteiger partial charge in [0.1, 0.15) is 6.33 Å². The number of aliphatic hydroxyl groups excluding tert-OH is 1. The molecular formula is C18H17N3O4. The van der Waals surface area contributed by atoms with Crippen LogP contribution in [0.4, 0.5) is 0 Å². The molecule has 0 fully saturated rings. The van der Waals surface area contributed by atoms with Gasteiger partial charge in [-0.25, -0.2) is 9.97 Å². The zero-order chi connectivity index (χ0) is 17.2. The first kappa shape index (κ1) is 15.6. The Morgan fingerprint density at radius 1 is 1.16 bits per heavy atom. The van der Waals surface area contributed by atoms with E-state index >= 15 is 0 Å². The van der Waals surface area contributed by atoms with Gasteiger partial charge in [0.2, 0.25) is 0 Å². The molecule has 3 heterocycles. The molecular weight excluding hydrogens is 322 g/mol. The van der Waals surface area contributed by atoms with Crippen LogP contribution < -0.4 is 15.0 Å². The molecule has 4 rings (SSSR count). The highest BCUT2D eigenvalue weighted by atomic mass is 16.5. The fourth-order valence-corrected chi connectivity index (χ4v) is 2.81. The van der Waals surface area contributed by atoms with Crippen molar-refractivity contribution in [3.05, 3.63) is 58.8 Å². The van der Waals surface area contributed by atoms with E-state index < -0.39 is 6.10 Å². The molecule has 2 aromatic heterocycles. The van der Waals surface area contributed by atoms with Gasteiger partial charge in [-0.1, -0.05) is 6.07 Å². The first-order valence-electron chi connectivity index (χ1n) is 8.10. The average Bonchev–Trinajstić information content (AvgIpc) is 2.89. The number of ether oxygens (including phenoxy) is 2. The third-order valence-corrected chi connectivity index (χ3v) is 4.12. The Labute approximate surface area is 143 Å². The molecule has 0 aliphatic carbocycles. The Morgan fingerprint density at radius 2 is 2.00 bits per heavy atom. The summed E-state index contributed by atoms with van der Waals surface area (Å²) >= 11 is 0. The fourth-order valence-electron chi connectivity index (χ4n) is 2.81. The molecule has 25 heavy (non-hydrogen) atoms. The molecule has 1 aliphatic heterocycles. The number of pyridine rings is 1. The molecule has 7 heteroatoms. The highest BCUT2D eigenvalue weighted by molar-refractivity contribution is 5.72. The lowest BCUT2D eigenvalue weighted by Gasteiger charge is -2.15. The summed E-state index contributed by atoms with van der Waals surface area (Å²) in [4.78, 5) is 20.7. The van der Waals surface area contributed by atoms with Crippen molar-refractivity contribution in [2.24, 2.45) is 0 Å². The quantitative estimate of drug-likeness (QED) is 0.781. The predicted molar refractivity (Wildman–Crippen MR) is 90.8 cm³/mol. The van der Waals surface area contributed by atoms with Crippen LogP contribution in [0.5, 0.6) is 11.5 Å². The van der Waals surface area contributed by atoms with Gasteiger partial charge in [0.15, 0.2) is 17.1 Å². The largest absolute Gasteiger partial charge is 0.490 e. The molecule has 0 saturated carbocycles. The minimum Gasteiger partial charge on any atom is -0.490 e. The molecule has 0 bridgehead atoms. The smallest absolute Gasteiger partial charge is 0.262 e. The summed E-state index contributed by atoms with van der Waals surface area (Å²) in [6.07, 6.45) is 2.94. The molecule has 1 aliphatic rings. The van der Waals surface area contributed by atoms with Crippen molar-refractivity contribution in [2.45, 2.75) is 19.1 Å². The first-order valence-corrected chi connectivity index (χ1v) is 8.10. The van der Waals surface area contributed by atoms with E-state index in [0.717, 1.165) is 6.42 Å². The molecule has 7 nitrogen and oxygen atoms in total. The SMILES string of the molecule is O=c1c2cccnc2ncn1C[C@@H](O)c1ccc2c(c1)OCCCO2. The predicted octanol–water partition coefficient (Wildman–Crippen LogP) is 1.69. The van der Waals surface area contributed by atoms with Gasteiger partial charge < -0.3 is 14.6 Å². The Hall–Kier alpha value is -2.93. The van der Waals surface area contributed by atoms with E-state index in [1.54, 1.807) is 36.5 Å². The Morgan fingerprint density at radius 3 is 2.88 bits per heavy atom. The van der Waals surface area contributed by atoms with Crippen LogP contribution >= 0.6 is 0 Å². The van der Waals surface area contributed by atoms with Crippen LogP contribution in [0, 0.1) is 0 Å². The van der Waals surface area contributed by atoms with Gasteiger partial charge in [0, 0.05) is 12.6 Å². The fraction of sp³-hybridized carbons (Fsp3) is 0.278. The Balaban J connectivity index is 1.62. The minimum atomic E-state index is -0.870. The van der Waals surface area contributed by atoms with Gasteiger partial charge in [0.25, 0.3) is 5.56 Å². The van der Waals surface area contributed by atoms with Gasteiger partial charge >= 0.3 is 0 Å². The van der Waals surface area contributed by atoms with E-state index in [4.69, 9.17) is 9.47 Å². The van der Waals surface area contributed by atoms with Crippen LogP contribution in [0.15, 0.2) is 47.7 Å². The van der Waals surface area contributed by atoms with Crippen molar-refractivity contribution >= 4 is 11.0 Å². The number of aromatic nitrogens is 3. The molecule has 0 unspecified atom stereocenters. The second kappa shape index (κ2) is 6.52. The van der Waals surface area contributed by atoms with E-state index in [1.807, 2.05) is 0 Å². The van der Waals surface area contributed by atoms with Crippen LogP contribution in [0.2, 0.25) is 0 Å². The lowest BCUT2D eigenvalue weighted by molar-refractivity contribution is 0.154. The normalized spacial score (nSPS) is 14.9. The summed E-state index contributed by atoms with van der Waals surface area (Å²) in [5.74, 6) is 1.28. The molecule has 1 atom stereocenters. The lowest BCUT2D eigenvalue weighted by Crippen LogP contribution is -2.24. The van der Waals surface area contributed by atoms with Gasteiger partial charge in [0.05, 0.1) is 31.2 Å². The van der Waals surface area contributed by atoms with Gasteiger partial charge in [-0.3, -0.25) is 9.36 Å². The number of nitrogens with zero attached hydrogens (tertiary/aromatic N) is 3. The lowest BCUT2D eigenvalue weighted by atomic mass is 10.1. The van der Waals surface area contributed by atoms with Crippen LogP contribution in [0.3, 0.4) is 0 Å².